The summed E-state index contributed by atoms with van der Waals surface area (Å²) in [4.78, 5) is 25.9. The summed E-state index contributed by atoms with van der Waals surface area (Å²) in [5, 5.41) is 0. The first-order valence-electron chi connectivity index (χ1n) is 9.50. The van der Waals surface area contributed by atoms with Gasteiger partial charge in [0.05, 0.1) is 13.2 Å². The SMILES string of the molecule is CCCCCCOC(=O)N(C)[C@@H](CC(C)C)C(=O)OCCCCC. The van der Waals surface area contributed by atoms with Crippen LogP contribution in [0.15, 0.2) is 0 Å². The van der Waals surface area contributed by atoms with Gasteiger partial charge in [0.1, 0.15) is 6.04 Å². The highest BCUT2D eigenvalue weighted by Crippen LogP contribution is 2.14. The highest BCUT2D eigenvalue weighted by Gasteiger charge is 2.29. The zero-order valence-electron chi connectivity index (χ0n) is 16.3. The maximum atomic E-state index is 12.3. The average Bonchev–Trinajstić information content (AvgIpc) is 2.55. The van der Waals surface area contributed by atoms with Gasteiger partial charge in [-0.2, -0.15) is 0 Å². The topological polar surface area (TPSA) is 55.8 Å². The van der Waals surface area contributed by atoms with Crippen molar-refractivity contribution >= 4 is 12.1 Å². The molecular formula is C19H37NO4. The third-order valence-corrected chi connectivity index (χ3v) is 3.94. The van der Waals surface area contributed by atoms with E-state index in [4.69, 9.17) is 9.47 Å². The molecular weight excluding hydrogens is 306 g/mol. The van der Waals surface area contributed by atoms with E-state index in [1.54, 1.807) is 7.05 Å². The van der Waals surface area contributed by atoms with Gasteiger partial charge in [-0.05, 0) is 25.2 Å². The van der Waals surface area contributed by atoms with Crippen LogP contribution in [0, 0.1) is 5.92 Å². The van der Waals surface area contributed by atoms with Gasteiger partial charge in [0, 0.05) is 7.05 Å². The molecule has 0 radical (unpaired) electrons. The summed E-state index contributed by atoms with van der Waals surface area (Å²) in [5.41, 5.74) is 0. The predicted molar refractivity (Wildman–Crippen MR) is 97.0 cm³/mol. The number of hydrogen-bond acceptors (Lipinski definition) is 4. The molecule has 1 amide bonds. The fourth-order valence-corrected chi connectivity index (χ4v) is 2.40. The lowest BCUT2D eigenvalue weighted by Gasteiger charge is -2.27. The highest BCUT2D eigenvalue weighted by molar-refractivity contribution is 5.81. The van der Waals surface area contributed by atoms with Crippen molar-refractivity contribution in [1.82, 2.24) is 4.90 Å². The second kappa shape index (κ2) is 14.1. The Hall–Kier alpha value is -1.26. The van der Waals surface area contributed by atoms with E-state index in [1.165, 1.54) is 4.90 Å². The molecule has 0 aliphatic rings. The van der Waals surface area contributed by atoms with Crippen LogP contribution in [0.3, 0.4) is 0 Å². The number of nitrogens with zero attached hydrogens (tertiary/aromatic N) is 1. The van der Waals surface area contributed by atoms with Gasteiger partial charge in [0.25, 0.3) is 0 Å². The van der Waals surface area contributed by atoms with E-state index in [1.807, 2.05) is 13.8 Å². The van der Waals surface area contributed by atoms with Crippen LogP contribution in [0.5, 0.6) is 0 Å². The van der Waals surface area contributed by atoms with Gasteiger partial charge in [0.2, 0.25) is 0 Å². The van der Waals surface area contributed by atoms with Crippen molar-refractivity contribution in [1.29, 1.82) is 0 Å². The summed E-state index contributed by atoms with van der Waals surface area (Å²) in [6, 6.07) is -0.574. The number of likely N-dealkylation sites (N-methyl/N-ethyl adjacent to an activating group) is 1. The number of rotatable bonds is 13. The van der Waals surface area contributed by atoms with Crippen molar-refractivity contribution < 1.29 is 19.1 Å². The normalized spacial score (nSPS) is 12.1. The van der Waals surface area contributed by atoms with Gasteiger partial charge in [-0.25, -0.2) is 9.59 Å². The molecule has 1 atom stereocenters. The zero-order chi connectivity index (χ0) is 18.4. The number of hydrogen-bond donors (Lipinski definition) is 0. The molecule has 0 aliphatic heterocycles. The highest BCUT2D eigenvalue weighted by atomic mass is 16.6. The minimum Gasteiger partial charge on any atom is -0.464 e. The predicted octanol–water partition coefficient (Wildman–Crippen LogP) is 4.78. The van der Waals surface area contributed by atoms with E-state index in [0.29, 0.717) is 19.6 Å². The Bertz CT molecular complexity index is 344. The quantitative estimate of drug-likeness (QED) is 0.356. The minimum absolute atomic E-state index is 0.290. The lowest BCUT2D eigenvalue weighted by molar-refractivity contribution is -0.149. The molecule has 142 valence electrons. The molecule has 0 rings (SSSR count). The van der Waals surface area contributed by atoms with Gasteiger partial charge < -0.3 is 9.47 Å². The van der Waals surface area contributed by atoms with E-state index in [0.717, 1.165) is 44.9 Å². The second-order valence-electron chi connectivity index (χ2n) is 6.81. The molecule has 0 heterocycles. The number of amides is 1. The second-order valence-corrected chi connectivity index (χ2v) is 6.81. The Kier molecular flexibility index (Phi) is 13.4. The molecule has 0 bridgehead atoms. The van der Waals surface area contributed by atoms with Crippen LogP contribution in [-0.4, -0.2) is 43.3 Å². The maximum Gasteiger partial charge on any atom is 0.410 e. The zero-order valence-corrected chi connectivity index (χ0v) is 16.3. The molecule has 0 aromatic carbocycles. The number of unbranched alkanes of at least 4 members (excludes halogenated alkanes) is 5. The van der Waals surface area contributed by atoms with Gasteiger partial charge >= 0.3 is 12.1 Å². The fourth-order valence-electron chi connectivity index (χ4n) is 2.40. The Morgan fingerprint density at radius 3 is 2.00 bits per heavy atom. The number of carbonyl (C=O) groups excluding carboxylic acids is 2. The molecule has 5 heteroatoms. The Morgan fingerprint density at radius 1 is 0.875 bits per heavy atom. The van der Waals surface area contributed by atoms with Gasteiger partial charge in [-0.1, -0.05) is 59.8 Å². The third-order valence-electron chi connectivity index (χ3n) is 3.94. The standard InChI is InChI=1S/C19H37NO4/c1-6-8-10-12-14-24-19(22)20(5)17(15-16(3)4)18(21)23-13-11-9-7-2/h16-17H,6-15H2,1-5H3/t17-/m0/s1. The first-order chi connectivity index (χ1) is 11.4. The fraction of sp³-hybridized carbons (Fsp3) is 0.895. The number of esters is 1. The van der Waals surface area contributed by atoms with Gasteiger partial charge in [-0.15, -0.1) is 0 Å². The maximum absolute atomic E-state index is 12.3. The molecule has 0 spiro atoms. The van der Waals surface area contributed by atoms with Crippen LogP contribution in [0.25, 0.3) is 0 Å². The van der Waals surface area contributed by atoms with E-state index in [2.05, 4.69) is 13.8 Å². The van der Waals surface area contributed by atoms with Crippen LogP contribution >= 0.6 is 0 Å². The largest absolute Gasteiger partial charge is 0.464 e. The third kappa shape index (κ3) is 10.5. The monoisotopic (exact) mass is 343 g/mol. The first kappa shape index (κ1) is 22.7. The molecule has 0 aromatic rings. The van der Waals surface area contributed by atoms with Gasteiger partial charge in [0.15, 0.2) is 0 Å². The van der Waals surface area contributed by atoms with Crippen molar-refractivity contribution in [3.8, 4) is 0 Å². The van der Waals surface area contributed by atoms with Crippen molar-refractivity contribution in [3.05, 3.63) is 0 Å². The smallest absolute Gasteiger partial charge is 0.410 e. The van der Waals surface area contributed by atoms with Crippen LogP contribution in [0.2, 0.25) is 0 Å². The van der Waals surface area contributed by atoms with Crippen molar-refractivity contribution in [2.75, 3.05) is 20.3 Å². The van der Waals surface area contributed by atoms with E-state index < -0.39 is 12.1 Å². The van der Waals surface area contributed by atoms with Crippen molar-refractivity contribution in [2.24, 2.45) is 5.92 Å². The lowest BCUT2D eigenvalue weighted by atomic mass is 10.0. The molecule has 0 aromatic heterocycles. The molecule has 0 unspecified atom stereocenters. The number of carbonyl (C=O) groups is 2. The summed E-state index contributed by atoms with van der Waals surface area (Å²) in [7, 11) is 1.62. The molecule has 0 N–H and O–H groups in total. The van der Waals surface area contributed by atoms with E-state index in [9.17, 15) is 9.59 Å². The van der Waals surface area contributed by atoms with Crippen molar-refractivity contribution in [3.63, 3.8) is 0 Å². The lowest BCUT2D eigenvalue weighted by Crippen LogP contribution is -2.44. The Balaban J connectivity index is 4.43. The molecule has 0 aliphatic carbocycles. The molecule has 0 saturated heterocycles. The summed E-state index contributed by atoms with van der Waals surface area (Å²) in [6.07, 6.45) is 7.33. The van der Waals surface area contributed by atoms with E-state index >= 15 is 0 Å². The van der Waals surface area contributed by atoms with Crippen LogP contribution in [0.1, 0.15) is 79.1 Å². The first-order valence-corrected chi connectivity index (χ1v) is 9.50. The average molecular weight is 344 g/mol. The Labute approximate surface area is 148 Å². The molecule has 5 nitrogen and oxygen atoms in total. The minimum atomic E-state index is -0.574. The van der Waals surface area contributed by atoms with Crippen LogP contribution in [0.4, 0.5) is 4.79 Å². The summed E-state index contributed by atoms with van der Waals surface area (Å²) >= 11 is 0. The molecule has 0 saturated carbocycles. The summed E-state index contributed by atoms with van der Waals surface area (Å²) < 4.78 is 10.6. The van der Waals surface area contributed by atoms with E-state index in [-0.39, 0.29) is 11.9 Å². The van der Waals surface area contributed by atoms with Crippen molar-refractivity contribution in [2.45, 2.75) is 85.1 Å². The van der Waals surface area contributed by atoms with Crippen LogP contribution in [-0.2, 0) is 14.3 Å². The number of ether oxygens (including phenoxy) is 2. The van der Waals surface area contributed by atoms with Gasteiger partial charge in [-0.3, -0.25) is 4.90 Å². The van der Waals surface area contributed by atoms with Crippen LogP contribution < -0.4 is 0 Å². The Morgan fingerprint density at radius 2 is 1.42 bits per heavy atom. The molecule has 24 heavy (non-hydrogen) atoms. The molecule has 0 fully saturated rings. The summed E-state index contributed by atoms with van der Waals surface area (Å²) in [6.45, 7) is 9.13. The summed E-state index contributed by atoms with van der Waals surface area (Å²) in [5.74, 6) is -0.0387.